The molecule has 0 radical (unpaired) electrons. The molecule has 1 saturated carbocycles. The summed E-state index contributed by atoms with van der Waals surface area (Å²) in [7, 11) is 3.19. The summed E-state index contributed by atoms with van der Waals surface area (Å²) in [6, 6.07) is -1.13. The molecular formula is C57H89NO14. The summed E-state index contributed by atoms with van der Waals surface area (Å²) in [5.41, 5.74) is 2.20. The Morgan fingerprint density at radius 3 is 2.32 bits per heavy atom. The largest absolute Gasteiger partial charge is 0.460 e. The van der Waals surface area contributed by atoms with E-state index in [2.05, 4.69) is 26.5 Å². The van der Waals surface area contributed by atoms with E-state index in [1.807, 2.05) is 38.2 Å². The van der Waals surface area contributed by atoms with Gasteiger partial charge in [0.05, 0.1) is 50.3 Å². The predicted molar refractivity (Wildman–Crippen MR) is 273 cm³/mol. The minimum atomic E-state index is -2.44. The predicted octanol–water partition coefficient (Wildman–Crippen LogP) is 7.34. The van der Waals surface area contributed by atoms with Gasteiger partial charge in [0.1, 0.15) is 30.1 Å². The number of carbonyl (C=O) groups excluding carboxylic acids is 4. The van der Waals surface area contributed by atoms with Gasteiger partial charge < -0.3 is 53.4 Å². The zero-order valence-corrected chi connectivity index (χ0v) is 44.8. The van der Waals surface area contributed by atoms with Gasteiger partial charge in [0.25, 0.3) is 11.7 Å². The molecule has 0 spiro atoms. The van der Waals surface area contributed by atoms with E-state index in [0.29, 0.717) is 70.2 Å². The second-order valence-electron chi connectivity index (χ2n) is 21.7. The number of Topliss-reactive ketones (excluding diaryl/α,β-unsaturated/α-hetero) is 2. The van der Waals surface area contributed by atoms with Crippen LogP contribution in [0.4, 0.5) is 0 Å². The molecule has 16 unspecified atom stereocenters. The van der Waals surface area contributed by atoms with Crippen LogP contribution in [0.5, 0.6) is 0 Å². The smallest absolute Gasteiger partial charge is 0.329 e. The highest BCUT2D eigenvalue weighted by molar-refractivity contribution is 6.39. The number of ether oxygens (including phenoxy) is 7. The summed E-state index contributed by atoms with van der Waals surface area (Å²) in [5, 5.41) is 33.2. The molecule has 16 atom stereocenters. The number of hydrogen-bond donors (Lipinski definition) is 3. The van der Waals surface area contributed by atoms with Crippen LogP contribution in [0.1, 0.15) is 132 Å². The van der Waals surface area contributed by atoms with Crippen LogP contribution in [0.2, 0.25) is 0 Å². The van der Waals surface area contributed by atoms with E-state index >= 15 is 0 Å². The monoisotopic (exact) mass is 1010 g/mol. The molecule has 5 rings (SSSR count). The van der Waals surface area contributed by atoms with Crippen molar-refractivity contribution in [3.63, 3.8) is 0 Å². The van der Waals surface area contributed by atoms with Crippen molar-refractivity contribution < 1.29 is 67.7 Å². The normalized spacial score (nSPS) is 39.6. The van der Waals surface area contributed by atoms with Crippen molar-refractivity contribution in [2.45, 2.75) is 193 Å². The Labute approximate surface area is 429 Å². The molecule has 72 heavy (non-hydrogen) atoms. The number of cyclic esters (lactones) is 1. The van der Waals surface area contributed by atoms with Crippen molar-refractivity contribution in [3.8, 4) is 0 Å². The van der Waals surface area contributed by atoms with Gasteiger partial charge in [-0.05, 0) is 125 Å². The third-order valence-electron chi connectivity index (χ3n) is 16.1. The second-order valence-corrected chi connectivity index (χ2v) is 21.7. The van der Waals surface area contributed by atoms with E-state index in [-0.39, 0.29) is 80.4 Å². The zero-order valence-electron chi connectivity index (χ0n) is 44.8. The van der Waals surface area contributed by atoms with E-state index in [1.165, 1.54) is 4.90 Å². The number of ketones is 2. The van der Waals surface area contributed by atoms with Crippen molar-refractivity contribution in [3.05, 3.63) is 59.8 Å². The number of methoxy groups -OCH3 is 2. The Kier molecular flexibility index (Phi) is 23.5. The van der Waals surface area contributed by atoms with Crippen LogP contribution in [0.3, 0.4) is 0 Å². The van der Waals surface area contributed by atoms with Gasteiger partial charge in [-0.1, -0.05) is 77.7 Å². The maximum atomic E-state index is 14.6. The number of allylic oxidation sites excluding steroid dienone is 6. The third kappa shape index (κ3) is 16.1. The van der Waals surface area contributed by atoms with Crippen LogP contribution in [-0.4, -0.2) is 152 Å². The fourth-order valence-corrected chi connectivity index (χ4v) is 11.2. The molecule has 0 aromatic carbocycles. The van der Waals surface area contributed by atoms with Gasteiger partial charge in [0, 0.05) is 52.0 Å². The molecule has 0 aromatic heterocycles. The third-order valence-corrected chi connectivity index (χ3v) is 16.1. The van der Waals surface area contributed by atoms with Gasteiger partial charge in [-0.3, -0.25) is 14.4 Å². The van der Waals surface area contributed by atoms with Gasteiger partial charge in [0.2, 0.25) is 5.79 Å². The zero-order chi connectivity index (χ0) is 52.7. The number of piperidine rings is 1. The molecule has 4 heterocycles. The Morgan fingerprint density at radius 2 is 1.64 bits per heavy atom. The maximum absolute atomic E-state index is 14.6. The van der Waals surface area contributed by atoms with Gasteiger partial charge in [-0.2, -0.15) is 0 Å². The molecule has 0 aromatic rings. The lowest BCUT2D eigenvalue weighted by molar-refractivity contribution is -0.266. The maximum Gasteiger partial charge on any atom is 0.329 e. The molecule has 406 valence electrons. The molecule has 4 fully saturated rings. The average molecular weight is 1010 g/mol. The number of hydrogen-bond acceptors (Lipinski definition) is 14. The highest BCUT2D eigenvalue weighted by Gasteiger charge is 2.53. The molecule has 5 aliphatic rings. The number of esters is 1. The first-order chi connectivity index (χ1) is 34.3. The first kappa shape index (κ1) is 59.5. The summed E-state index contributed by atoms with van der Waals surface area (Å²) < 4.78 is 42.3. The molecule has 3 N–H and O–H groups in total. The molecule has 3 saturated heterocycles. The van der Waals surface area contributed by atoms with Crippen molar-refractivity contribution in [2.75, 3.05) is 47.2 Å². The van der Waals surface area contributed by atoms with Crippen molar-refractivity contribution in [1.82, 2.24) is 4.90 Å². The SMILES string of the molecule is C=C1C(C)CC(C)/C=C/C=C/C=C(\C)C(OCC2CCO2)CC2CCC(C)C(O)(O2)C(=O)C(=O)N2CCCCC2C(=O)OC(C(C)CC2CCC(OCCO)C(OC)C2)CC(=O)C(C)/C=C(\C)C(O)C1OC. The van der Waals surface area contributed by atoms with Crippen LogP contribution >= 0.6 is 0 Å². The number of rotatable bonds is 11. The minimum Gasteiger partial charge on any atom is -0.460 e. The number of aliphatic hydroxyl groups excluding tert-OH is 2. The lowest BCUT2D eigenvalue weighted by Crippen LogP contribution is -2.61. The average Bonchev–Trinajstić information content (AvgIpc) is 3.34. The van der Waals surface area contributed by atoms with Gasteiger partial charge in [0.15, 0.2) is 0 Å². The number of amides is 1. The standard InChI is InChI=1S/C57H89NO14/c1-35-16-12-11-13-17-36(2)49(70-34-45-23-26-68-45)32-44-21-19-41(7)57(65,72-44)54(62)55(63)58-24-15-14-18-46(58)56(64)71-50(39(5)30-43-20-22-48(69-27-25-59)51(31-43)66-9)33-47(60)38(4)29-40(6)52(61)53(67-10)42(8)37(3)28-35/h11-13,16-17,29,35,37-39,41,43-46,48-53,59,61,65H,8,14-15,18-28,30-34H2,1-7,9-10H3/b13-11+,16-12+,36-17+,40-29+. The lowest BCUT2D eigenvalue weighted by Gasteiger charge is -2.43. The first-order valence-electron chi connectivity index (χ1n) is 26.9. The van der Waals surface area contributed by atoms with Crippen LogP contribution in [0, 0.1) is 35.5 Å². The highest BCUT2D eigenvalue weighted by atomic mass is 16.6. The highest BCUT2D eigenvalue weighted by Crippen LogP contribution is 2.38. The van der Waals surface area contributed by atoms with Gasteiger partial charge in [-0.25, -0.2) is 4.79 Å². The van der Waals surface area contributed by atoms with Crippen molar-refractivity contribution in [2.24, 2.45) is 35.5 Å². The van der Waals surface area contributed by atoms with Crippen LogP contribution < -0.4 is 0 Å². The van der Waals surface area contributed by atoms with E-state index < -0.39 is 71.8 Å². The first-order valence-corrected chi connectivity index (χ1v) is 26.9. The summed E-state index contributed by atoms with van der Waals surface area (Å²) in [5.74, 6) is -6.90. The molecule has 4 aliphatic heterocycles. The van der Waals surface area contributed by atoms with E-state index in [1.54, 1.807) is 41.1 Å². The minimum absolute atomic E-state index is 0.0108. The lowest BCUT2D eigenvalue weighted by atomic mass is 9.78. The van der Waals surface area contributed by atoms with Crippen LogP contribution in [0.25, 0.3) is 0 Å². The van der Waals surface area contributed by atoms with Crippen LogP contribution in [0.15, 0.2) is 59.8 Å². The van der Waals surface area contributed by atoms with E-state index in [9.17, 15) is 34.5 Å². The Hall–Kier alpha value is -3.38. The van der Waals surface area contributed by atoms with Crippen molar-refractivity contribution >= 4 is 23.4 Å². The summed E-state index contributed by atoms with van der Waals surface area (Å²) in [6.45, 7) is 19.0. The fraction of sp³-hybridized carbons (Fsp3) is 0.754. The Bertz CT molecular complexity index is 1930. The number of nitrogens with zero attached hydrogens (tertiary/aromatic N) is 1. The molecule has 15 heteroatoms. The number of fused-ring (bicyclic) bond motifs is 3. The van der Waals surface area contributed by atoms with E-state index in [0.717, 1.165) is 30.4 Å². The summed E-state index contributed by atoms with van der Waals surface area (Å²) in [4.78, 5) is 59.0. The topological polar surface area (TPSA) is 197 Å². The van der Waals surface area contributed by atoms with Crippen molar-refractivity contribution in [1.29, 1.82) is 0 Å². The fourth-order valence-electron chi connectivity index (χ4n) is 11.2. The second kappa shape index (κ2) is 28.5. The molecule has 1 aliphatic carbocycles. The van der Waals surface area contributed by atoms with E-state index in [4.69, 9.17) is 33.2 Å². The summed E-state index contributed by atoms with van der Waals surface area (Å²) in [6.07, 6.45) is 14.5. The Balaban J connectivity index is 1.47. The number of carbonyl (C=O) groups is 4. The Morgan fingerprint density at radius 1 is 0.889 bits per heavy atom. The van der Waals surface area contributed by atoms with Gasteiger partial charge in [-0.15, -0.1) is 0 Å². The molecular weight excluding hydrogens is 923 g/mol. The molecule has 1 amide bonds. The number of aliphatic hydroxyl groups is 3. The quantitative estimate of drug-likeness (QED) is 0.106. The summed E-state index contributed by atoms with van der Waals surface area (Å²) >= 11 is 0. The van der Waals surface area contributed by atoms with Crippen LogP contribution in [-0.2, 0) is 52.3 Å². The van der Waals surface area contributed by atoms with Gasteiger partial charge >= 0.3 is 5.97 Å². The molecule has 15 nitrogen and oxygen atoms in total. The molecule has 2 bridgehead atoms.